The number of hydrogen-bond acceptors (Lipinski definition) is 2. The van der Waals surface area contributed by atoms with Crippen LogP contribution >= 0.6 is 0 Å². The summed E-state index contributed by atoms with van der Waals surface area (Å²) in [6, 6.07) is 0. The van der Waals surface area contributed by atoms with Crippen molar-refractivity contribution < 1.29 is 14.3 Å². The first kappa shape index (κ1) is 16.9. The van der Waals surface area contributed by atoms with Crippen LogP contribution in [0, 0.1) is 0 Å². The fraction of sp³-hybridized carbons (Fsp3) is 0.857. The number of carbonyl (C=O) groups excluding carboxylic acids is 1. The van der Waals surface area contributed by atoms with Gasteiger partial charge in [0.2, 0.25) is 0 Å². The number of ether oxygens (including phenoxy) is 1. The molecule has 0 aliphatic heterocycles. The summed E-state index contributed by atoms with van der Waals surface area (Å²) in [6.45, 7) is 3.53. The Hall–Kier alpha value is -1.15. The predicted molar refractivity (Wildman–Crippen MR) is 72.2 cm³/mol. The molecule has 104 valence electrons. The molecule has 18 heavy (non-hydrogen) atoms. The van der Waals surface area contributed by atoms with Gasteiger partial charge in [-0.25, -0.2) is 0 Å². The maximum Gasteiger partial charge on any atom is 0.457 e. The van der Waals surface area contributed by atoms with Gasteiger partial charge in [0.1, 0.15) is 0 Å². The fourth-order valence-electron chi connectivity index (χ4n) is 1.87. The van der Waals surface area contributed by atoms with Gasteiger partial charge in [0.25, 0.3) is 0 Å². The summed E-state index contributed by atoms with van der Waals surface area (Å²) in [6.07, 6.45) is 11.6. The normalized spacial score (nSPS) is 9.89. The quantitative estimate of drug-likeness (QED) is 0.147. The first-order chi connectivity index (χ1) is 8.70. The molecule has 0 aromatic carbocycles. The second-order valence-corrected chi connectivity index (χ2v) is 4.67. The Balaban J connectivity index is 3.34. The van der Waals surface area contributed by atoms with Gasteiger partial charge in [0.15, 0.2) is 0 Å². The molecule has 0 aromatic heterocycles. The maximum atomic E-state index is 10.7. The highest BCUT2D eigenvalue weighted by molar-refractivity contribution is 5.84. The summed E-state index contributed by atoms with van der Waals surface area (Å²) < 4.78 is 4.73. The predicted octanol–water partition coefficient (Wildman–Crippen LogP) is 4.10. The smallest absolute Gasteiger partial charge is 0.362 e. The van der Waals surface area contributed by atoms with E-state index in [9.17, 15) is 4.79 Å². The Labute approximate surface area is 110 Å². The van der Waals surface area contributed by atoms with Crippen molar-refractivity contribution in [1.29, 1.82) is 0 Å². The number of carbonyl (C=O) groups is 1. The molecule has 0 aromatic rings. The Bertz CT molecular complexity index is 271. The molecule has 0 saturated heterocycles. The molecular weight excluding hydrogens is 228 g/mol. The highest BCUT2D eigenvalue weighted by Gasteiger charge is 2.11. The second kappa shape index (κ2) is 12.3. The van der Waals surface area contributed by atoms with Gasteiger partial charge in [0, 0.05) is 6.92 Å². The number of hydrogen-bond donors (Lipinski definition) is 0. The van der Waals surface area contributed by atoms with Gasteiger partial charge in [-0.2, -0.15) is 0 Å². The minimum absolute atomic E-state index is 0.130. The minimum Gasteiger partial charge on any atom is -0.362 e. The third-order valence-electron chi connectivity index (χ3n) is 2.87. The average Bonchev–Trinajstić information content (AvgIpc) is 2.35. The van der Waals surface area contributed by atoms with Gasteiger partial charge in [-0.3, -0.25) is 4.79 Å². The highest BCUT2D eigenvalue weighted by atomic mass is 16.5. The molecule has 0 spiro atoms. The van der Waals surface area contributed by atoms with E-state index in [0.29, 0.717) is 6.42 Å². The Morgan fingerprint density at radius 1 is 1.00 bits per heavy atom. The maximum absolute atomic E-state index is 10.7. The van der Waals surface area contributed by atoms with Crippen LogP contribution in [-0.4, -0.2) is 16.7 Å². The van der Waals surface area contributed by atoms with E-state index < -0.39 is 5.97 Å². The standard InChI is InChI=1S/C14H26N2O2/c1-3-4-5-6-7-8-9-10-11-12-14(16-15)18-13(2)17/h3-12H2,1-2H3. The molecular formula is C14H26N2O2. The van der Waals surface area contributed by atoms with Crippen LogP contribution in [0.4, 0.5) is 0 Å². The van der Waals surface area contributed by atoms with Crippen molar-refractivity contribution in [3.8, 4) is 0 Å². The largest absolute Gasteiger partial charge is 0.457 e. The first-order valence-corrected chi connectivity index (χ1v) is 7.10. The number of unbranched alkanes of at least 4 members (excludes halogenated alkanes) is 8. The van der Waals surface area contributed by atoms with Crippen LogP contribution in [0.2, 0.25) is 0 Å². The molecule has 0 heterocycles. The summed E-state index contributed by atoms with van der Waals surface area (Å²) >= 11 is 0. The van der Waals surface area contributed by atoms with E-state index in [4.69, 9.17) is 10.3 Å². The molecule has 0 saturated carbocycles. The van der Waals surface area contributed by atoms with E-state index in [1.165, 1.54) is 51.9 Å². The molecule has 0 N–H and O–H groups in total. The van der Waals surface area contributed by atoms with Crippen molar-refractivity contribution in [3.05, 3.63) is 5.53 Å². The molecule has 4 heteroatoms. The van der Waals surface area contributed by atoms with Crippen LogP contribution < -0.4 is 0 Å². The second-order valence-electron chi connectivity index (χ2n) is 4.67. The van der Waals surface area contributed by atoms with Crippen molar-refractivity contribution in [2.24, 2.45) is 0 Å². The van der Waals surface area contributed by atoms with E-state index in [1.807, 2.05) is 0 Å². The molecule has 0 aliphatic carbocycles. The number of rotatable bonds is 10. The van der Waals surface area contributed by atoms with Crippen LogP contribution in [0.3, 0.4) is 0 Å². The molecule has 0 aliphatic rings. The van der Waals surface area contributed by atoms with Crippen molar-refractivity contribution in [1.82, 2.24) is 0 Å². The molecule has 0 unspecified atom stereocenters. The highest BCUT2D eigenvalue weighted by Crippen LogP contribution is 2.10. The van der Waals surface area contributed by atoms with E-state index in [-0.39, 0.29) is 5.90 Å². The summed E-state index contributed by atoms with van der Waals surface area (Å²) in [4.78, 5) is 13.6. The first-order valence-electron chi connectivity index (χ1n) is 7.10. The monoisotopic (exact) mass is 254 g/mol. The molecule has 0 fully saturated rings. The zero-order valence-electron chi connectivity index (χ0n) is 11.8. The lowest BCUT2D eigenvalue weighted by Crippen LogP contribution is -2.10. The molecule has 0 bridgehead atoms. The Kier molecular flexibility index (Phi) is 11.5. The van der Waals surface area contributed by atoms with Crippen LogP contribution in [0.5, 0.6) is 0 Å². The summed E-state index contributed by atoms with van der Waals surface area (Å²) in [5.41, 5.74) is 8.61. The Morgan fingerprint density at radius 2 is 1.50 bits per heavy atom. The number of esters is 1. The van der Waals surface area contributed by atoms with Gasteiger partial charge in [-0.15, -0.1) is 4.79 Å². The van der Waals surface area contributed by atoms with Crippen molar-refractivity contribution in [3.63, 3.8) is 0 Å². The lowest BCUT2D eigenvalue weighted by atomic mass is 10.1. The SMILES string of the molecule is CCCCCCCCCCCC(=[N+]=[N-])OC(C)=O. The molecule has 4 nitrogen and oxygen atoms in total. The molecule has 0 rings (SSSR count). The van der Waals surface area contributed by atoms with Gasteiger partial charge < -0.3 is 10.3 Å². The van der Waals surface area contributed by atoms with E-state index in [1.54, 1.807) is 0 Å². The molecule has 0 radical (unpaired) electrons. The average molecular weight is 254 g/mol. The lowest BCUT2D eigenvalue weighted by Gasteiger charge is -2.00. The summed E-state index contributed by atoms with van der Waals surface area (Å²) in [7, 11) is 0. The lowest BCUT2D eigenvalue weighted by molar-refractivity contribution is -0.138. The van der Waals surface area contributed by atoms with Crippen LogP contribution in [0.25, 0.3) is 5.53 Å². The van der Waals surface area contributed by atoms with Crippen LogP contribution in [0.1, 0.15) is 78.1 Å². The zero-order chi connectivity index (χ0) is 13.6. The minimum atomic E-state index is -0.432. The molecule has 0 atom stereocenters. The van der Waals surface area contributed by atoms with Gasteiger partial charge in [-0.05, 0) is 6.42 Å². The van der Waals surface area contributed by atoms with Crippen molar-refractivity contribution >= 4 is 11.9 Å². The van der Waals surface area contributed by atoms with E-state index in [2.05, 4.69) is 11.7 Å². The third kappa shape index (κ3) is 11.3. The van der Waals surface area contributed by atoms with Crippen molar-refractivity contribution in [2.75, 3.05) is 0 Å². The Morgan fingerprint density at radius 3 is 1.94 bits per heavy atom. The van der Waals surface area contributed by atoms with Crippen LogP contribution in [-0.2, 0) is 9.53 Å². The van der Waals surface area contributed by atoms with Crippen molar-refractivity contribution in [2.45, 2.75) is 78.1 Å². The topological polar surface area (TPSA) is 62.7 Å². The van der Waals surface area contributed by atoms with Gasteiger partial charge in [0.05, 0.1) is 6.42 Å². The van der Waals surface area contributed by atoms with E-state index >= 15 is 0 Å². The fourth-order valence-corrected chi connectivity index (χ4v) is 1.87. The zero-order valence-corrected chi connectivity index (χ0v) is 11.8. The summed E-state index contributed by atoms with van der Waals surface area (Å²) in [5, 5.41) is 0. The van der Waals surface area contributed by atoms with Gasteiger partial charge >= 0.3 is 11.9 Å². The number of nitrogens with zero attached hydrogens (tertiary/aromatic N) is 2. The molecule has 0 amide bonds. The van der Waals surface area contributed by atoms with Gasteiger partial charge in [-0.1, -0.05) is 58.3 Å². The third-order valence-corrected chi connectivity index (χ3v) is 2.87. The summed E-state index contributed by atoms with van der Waals surface area (Å²) in [5.74, 6) is -0.302. The van der Waals surface area contributed by atoms with Crippen LogP contribution in [0.15, 0.2) is 0 Å². The van der Waals surface area contributed by atoms with E-state index in [0.717, 1.165) is 12.8 Å².